The predicted octanol–water partition coefficient (Wildman–Crippen LogP) is 3.32. The van der Waals surface area contributed by atoms with Gasteiger partial charge >= 0.3 is 0 Å². The Labute approximate surface area is 157 Å². The molecule has 2 aromatic rings. The third-order valence-electron chi connectivity index (χ3n) is 4.32. The molecule has 8 heteroatoms. The van der Waals surface area contributed by atoms with Crippen LogP contribution in [0.15, 0.2) is 24.3 Å². The summed E-state index contributed by atoms with van der Waals surface area (Å²) in [7, 11) is 3.05. The fourth-order valence-electron chi connectivity index (χ4n) is 2.90. The number of benzene rings is 1. The summed E-state index contributed by atoms with van der Waals surface area (Å²) in [5.41, 5.74) is 2.38. The fraction of sp³-hybridized carbons (Fsp3) is 0.421. The van der Waals surface area contributed by atoms with Crippen molar-refractivity contribution in [3.8, 4) is 11.5 Å². The number of nitro benzene ring substituents is 1. The summed E-state index contributed by atoms with van der Waals surface area (Å²) in [5.74, 6) is 0.328. The van der Waals surface area contributed by atoms with Crippen molar-refractivity contribution >= 4 is 11.5 Å². The van der Waals surface area contributed by atoms with Crippen molar-refractivity contribution in [1.82, 2.24) is 4.57 Å². The van der Waals surface area contributed by atoms with E-state index in [9.17, 15) is 14.9 Å². The molecule has 0 saturated heterocycles. The minimum atomic E-state index is -0.518. The highest BCUT2D eigenvalue weighted by molar-refractivity contribution is 5.98. The minimum absolute atomic E-state index is 0.106. The van der Waals surface area contributed by atoms with Gasteiger partial charge in [-0.3, -0.25) is 14.9 Å². The lowest BCUT2D eigenvalue weighted by atomic mass is 10.1. The van der Waals surface area contributed by atoms with E-state index in [1.54, 1.807) is 7.11 Å². The molecule has 1 aromatic carbocycles. The number of aromatic nitrogens is 1. The number of non-ortho nitro benzene ring substituents is 1. The van der Waals surface area contributed by atoms with Gasteiger partial charge in [0.25, 0.3) is 5.69 Å². The van der Waals surface area contributed by atoms with E-state index in [2.05, 4.69) is 4.57 Å². The number of rotatable bonds is 10. The molecule has 0 aliphatic carbocycles. The van der Waals surface area contributed by atoms with E-state index in [0.717, 1.165) is 24.4 Å². The van der Waals surface area contributed by atoms with Crippen molar-refractivity contribution in [3.63, 3.8) is 0 Å². The number of nitrogens with zero attached hydrogens (tertiary/aromatic N) is 2. The highest BCUT2D eigenvalue weighted by atomic mass is 16.6. The van der Waals surface area contributed by atoms with Crippen molar-refractivity contribution in [2.45, 2.75) is 26.8 Å². The summed E-state index contributed by atoms with van der Waals surface area (Å²) >= 11 is 0. The smallest absolute Gasteiger partial charge is 0.273 e. The predicted molar refractivity (Wildman–Crippen MR) is 99.9 cm³/mol. The molecule has 0 unspecified atom stereocenters. The molecule has 0 N–H and O–H groups in total. The van der Waals surface area contributed by atoms with Crippen LogP contribution in [-0.4, -0.2) is 42.7 Å². The number of Topliss-reactive ketones (excluding diaryl/α,β-unsaturated/α-hetero) is 1. The van der Waals surface area contributed by atoms with Crippen molar-refractivity contribution in [3.05, 3.63) is 51.3 Å². The van der Waals surface area contributed by atoms with Gasteiger partial charge in [0.1, 0.15) is 0 Å². The maximum atomic E-state index is 12.6. The summed E-state index contributed by atoms with van der Waals surface area (Å²) in [5, 5.41) is 10.8. The van der Waals surface area contributed by atoms with Gasteiger partial charge < -0.3 is 18.8 Å². The molecule has 0 bridgehead atoms. The zero-order valence-electron chi connectivity index (χ0n) is 16.0. The molecule has 0 fully saturated rings. The van der Waals surface area contributed by atoms with Crippen LogP contribution in [0.3, 0.4) is 0 Å². The standard InChI is InChI=1S/C19H24N2O6/c1-13-10-16(14(2)20(13)8-5-9-25-3)17(22)12-27-18-7-6-15(21(23)24)11-19(18)26-4/h6-7,10-11H,5,8-9,12H2,1-4H3. The molecular formula is C19H24N2O6. The van der Waals surface area contributed by atoms with Gasteiger partial charge in [0.15, 0.2) is 18.1 Å². The lowest BCUT2D eigenvalue weighted by Crippen LogP contribution is -2.13. The molecule has 0 aliphatic heterocycles. The van der Waals surface area contributed by atoms with E-state index in [1.165, 1.54) is 25.3 Å². The number of hydrogen-bond acceptors (Lipinski definition) is 6. The topological polar surface area (TPSA) is 92.8 Å². The molecule has 2 rings (SSSR count). The van der Waals surface area contributed by atoms with Gasteiger partial charge in [0.05, 0.1) is 18.1 Å². The van der Waals surface area contributed by atoms with Crippen molar-refractivity contribution in [2.24, 2.45) is 0 Å². The molecule has 0 aliphatic rings. The molecule has 146 valence electrons. The number of carbonyl (C=O) groups excluding carboxylic acids is 1. The lowest BCUT2D eigenvalue weighted by molar-refractivity contribution is -0.384. The van der Waals surface area contributed by atoms with Gasteiger partial charge in [-0.2, -0.15) is 0 Å². The van der Waals surface area contributed by atoms with Gasteiger partial charge in [-0.05, 0) is 32.4 Å². The summed E-state index contributed by atoms with van der Waals surface area (Å²) in [4.78, 5) is 22.9. The first-order valence-electron chi connectivity index (χ1n) is 8.53. The first-order chi connectivity index (χ1) is 12.9. The highest BCUT2D eigenvalue weighted by Crippen LogP contribution is 2.31. The van der Waals surface area contributed by atoms with Gasteiger partial charge in [0, 0.05) is 43.3 Å². The van der Waals surface area contributed by atoms with Crippen LogP contribution >= 0.6 is 0 Å². The first-order valence-corrected chi connectivity index (χ1v) is 8.53. The minimum Gasteiger partial charge on any atom is -0.493 e. The SMILES string of the molecule is COCCCn1c(C)cc(C(=O)COc2ccc([N+](=O)[O-])cc2OC)c1C. The molecule has 0 spiro atoms. The van der Waals surface area contributed by atoms with Crippen LogP contribution < -0.4 is 9.47 Å². The summed E-state index contributed by atoms with van der Waals surface area (Å²) in [6, 6.07) is 5.85. The van der Waals surface area contributed by atoms with E-state index in [4.69, 9.17) is 14.2 Å². The second-order valence-corrected chi connectivity index (χ2v) is 6.09. The van der Waals surface area contributed by atoms with Crippen LogP contribution in [0.4, 0.5) is 5.69 Å². The molecular weight excluding hydrogens is 352 g/mol. The van der Waals surface area contributed by atoms with Gasteiger partial charge in [-0.15, -0.1) is 0 Å². The average molecular weight is 376 g/mol. The first kappa shape index (κ1) is 20.4. The van der Waals surface area contributed by atoms with Gasteiger partial charge in [-0.25, -0.2) is 0 Å². The van der Waals surface area contributed by atoms with E-state index >= 15 is 0 Å². The quantitative estimate of drug-likeness (QED) is 0.273. The van der Waals surface area contributed by atoms with E-state index in [-0.39, 0.29) is 29.6 Å². The number of ether oxygens (including phenoxy) is 3. The monoisotopic (exact) mass is 376 g/mol. The van der Waals surface area contributed by atoms with Crippen LogP contribution in [-0.2, 0) is 11.3 Å². The maximum absolute atomic E-state index is 12.6. The molecule has 1 aromatic heterocycles. The van der Waals surface area contributed by atoms with Gasteiger partial charge in [-0.1, -0.05) is 0 Å². The van der Waals surface area contributed by atoms with Crippen molar-refractivity contribution in [2.75, 3.05) is 27.4 Å². The highest BCUT2D eigenvalue weighted by Gasteiger charge is 2.18. The lowest BCUT2D eigenvalue weighted by Gasteiger charge is -2.11. The van der Waals surface area contributed by atoms with Crippen LogP contribution in [0.1, 0.15) is 28.2 Å². The fourth-order valence-corrected chi connectivity index (χ4v) is 2.90. The number of aryl methyl sites for hydroxylation is 1. The summed E-state index contributed by atoms with van der Waals surface area (Å²) < 4.78 is 17.8. The van der Waals surface area contributed by atoms with Crippen LogP contribution in [0.2, 0.25) is 0 Å². The number of carbonyl (C=O) groups is 1. The molecule has 0 amide bonds. The van der Waals surface area contributed by atoms with Crippen molar-refractivity contribution in [1.29, 1.82) is 0 Å². The normalized spacial score (nSPS) is 10.7. The number of ketones is 1. The zero-order valence-corrected chi connectivity index (χ0v) is 16.0. The van der Waals surface area contributed by atoms with Crippen LogP contribution in [0.5, 0.6) is 11.5 Å². The Bertz CT molecular complexity index is 828. The zero-order chi connectivity index (χ0) is 20.0. The van der Waals surface area contributed by atoms with Crippen molar-refractivity contribution < 1.29 is 23.9 Å². The molecule has 0 radical (unpaired) electrons. The number of nitro groups is 1. The average Bonchev–Trinajstić information content (AvgIpc) is 2.94. The van der Waals surface area contributed by atoms with E-state index < -0.39 is 4.92 Å². The Morgan fingerprint density at radius 2 is 1.93 bits per heavy atom. The Balaban J connectivity index is 2.10. The third-order valence-corrected chi connectivity index (χ3v) is 4.32. The van der Waals surface area contributed by atoms with Crippen LogP contribution in [0, 0.1) is 24.0 Å². The molecule has 8 nitrogen and oxygen atoms in total. The Kier molecular flexibility index (Phi) is 6.95. The summed E-state index contributed by atoms with van der Waals surface area (Å²) in [6.07, 6.45) is 0.858. The van der Waals surface area contributed by atoms with Gasteiger partial charge in [0.2, 0.25) is 5.78 Å². The molecule has 1 heterocycles. The molecule has 0 atom stereocenters. The second-order valence-electron chi connectivity index (χ2n) is 6.09. The molecule has 0 saturated carbocycles. The number of methoxy groups -OCH3 is 2. The third kappa shape index (κ3) is 4.85. The Morgan fingerprint density at radius 3 is 2.56 bits per heavy atom. The second kappa shape index (κ2) is 9.18. The molecule has 27 heavy (non-hydrogen) atoms. The van der Waals surface area contributed by atoms with Crippen LogP contribution in [0.25, 0.3) is 0 Å². The number of hydrogen-bond donors (Lipinski definition) is 0. The van der Waals surface area contributed by atoms with E-state index in [0.29, 0.717) is 12.2 Å². The summed E-state index contributed by atoms with van der Waals surface area (Å²) in [6.45, 7) is 5.10. The van der Waals surface area contributed by atoms with E-state index in [1.807, 2.05) is 19.9 Å². The Hall–Kier alpha value is -2.87. The largest absolute Gasteiger partial charge is 0.493 e. The Morgan fingerprint density at radius 1 is 1.19 bits per heavy atom. The maximum Gasteiger partial charge on any atom is 0.273 e.